The van der Waals surface area contributed by atoms with Gasteiger partial charge in [-0.05, 0) is 89.9 Å². The monoisotopic (exact) mass is 855 g/mol. The summed E-state index contributed by atoms with van der Waals surface area (Å²) in [5.41, 5.74) is 0. The van der Waals surface area contributed by atoms with Crippen LogP contribution >= 0.6 is 0 Å². The van der Waals surface area contributed by atoms with Gasteiger partial charge in [-0.2, -0.15) is 0 Å². The smallest absolute Gasteiger partial charge is 0.306 e. The first-order valence-corrected chi connectivity index (χ1v) is 26.2. The number of esters is 3. The van der Waals surface area contributed by atoms with Gasteiger partial charge in [0.25, 0.3) is 0 Å². The fourth-order valence-corrected chi connectivity index (χ4v) is 7.29. The second-order valence-corrected chi connectivity index (χ2v) is 17.5. The van der Waals surface area contributed by atoms with E-state index < -0.39 is 6.10 Å². The molecule has 6 nitrogen and oxygen atoms in total. The molecule has 0 fully saturated rings. The van der Waals surface area contributed by atoms with Crippen LogP contribution in [0.5, 0.6) is 0 Å². The molecule has 61 heavy (non-hydrogen) atoms. The highest BCUT2D eigenvalue weighted by atomic mass is 16.6. The van der Waals surface area contributed by atoms with Crippen LogP contribution in [0.3, 0.4) is 0 Å². The van der Waals surface area contributed by atoms with Crippen molar-refractivity contribution in [3.8, 4) is 0 Å². The first-order chi connectivity index (χ1) is 30.0. The summed E-state index contributed by atoms with van der Waals surface area (Å²) >= 11 is 0. The van der Waals surface area contributed by atoms with Crippen molar-refractivity contribution < 1.29 is 28.6 Å². The maximum atomic E-state index is 12.8. The molecule has 0 saturated carbocycles. The summed E-state index contributed by atoms with van der Waals surface area (Å²) in [6.45, 7) is 6.56. The van der Waals surface area contributed by atoms with Gasteiger partial charge >= 0.3 is 17.9 Å². The van der Waals surface area contributed by atoms with Gasteiger partial charge in [0, 0.05) is 19.3 Å². The van der Waals surface area contributed by atoms with Crippen LogP contribution in [0.4, 0.5) is 0 Å². The Morgan fingerprint density at radius 2 is 0.607 bits per heavy atom. The summed E-state index contributed by atoms with van der Waals surface area (Å²) in [7, 11) is 0. The molecule has 0 aromatic rings. The van der Waals surface area contributed by atoms with Crippen LogP contribution in [0, 0.1) is 0 Å². The van der Waals surface area contributed by atoms with Gasteiger partial charge in [-0.25, -0.2) is 0 Å². The molecule has 0 aliphatic carbocycles. The molecular formula is C55H98O6. The third-order valence-corrected chi connectivity index (χ3v) is 11.3. The Morgan fingerprint density at radius 3 is 1.00 bits per heavy atom. The third kappa shape index (κ3) is 48.3. The van der Waals surface area contributed by atoms with E-state index in [1.807, 2.05) is 0 Å². The summed E-state index contributed by atoms with van der Waals surface area (Å²) in [6.07, 6.45) is 59.5. The second-order valence-electron chi connectivity index (χ2n) is 17.5. The highest BCUT2D eigenvalue weighted by molar-refractivity contribution is 5.71. The van der Waals surface area contributed by atoms with Crippen molar-refractivity contribution in [2.75, 3.05) is 13.2 Å². The van der Waals surface area contributed by atoms with Crippen LogP contribution in [0.25, 0.3) is 0 Å². The quantitative estimate of drug-likeness (QED) is 0.0199. The maximum Gasteiger partial charge on any atom is 0.306 e. The lowest BCUT2D eigenvalue weighted by atomic mass is 10.1. The molecule has 0 aliphatic heterocycles. The molecule has 0 aliphatic rings. The lowest BCUT2D eigenvalue weighted by molar-refractivity contribution is -0.167. The third-order valence-electron chi connectivity index (χ3n) is 11.3. The predicted octanol–water partition coefficient (Wildman–Crippen LogP) is 17.1. The van der Waals surface area contributed by atoms with Crippen molar-refractivity contribution in [2.45, 2.75) is 271 Å². The Hall–Kier alpha value is -2.63. The van der Waals surface area contributed by atoms with E-state index in [2.05, 4.69) is 69.4 Å². The molecule has 1 atom stereocenters. The Labute approximate surface area is 378 Å². The van der Waals surface area contributed by atoms with Gasteiger partial charge in [0.1, 0.15) is 13.2 Å². The molecule has 0 amide bonds. The molecule has 0 N–H and O–H groups in total. The van der Waals surface area contributed by atoms with Crippen LogP contribution in [-0.4, -0.2) is 37.2 Å². The zero-order chi connectivity index (χ0) is 44.4. The van der Waals surface area contributed by atoms with Gasteiger partial charge in [0.05, 0.1) is 0 Å². The van der Waals surface area contributed by atoms with E-state index in [1.165, 1.54) is 148 Å². The van der Waals surface area contributed by atoms with E-state index in [1.54, 1.807) is 0 Å². The van der Waals surface area contributed by atoms with Gasteiger partial charge in [-0.1, -0.05) is 204 Å². The molecule has 0 rings (SSSR count). The summed E-state index contributed by atoms with van der Waals surface area (Å²) in [5.74, 6) is -0.902. The number of ether oxygens (including phenoxy) is 3. The summed E-state index contributed by atoms with van der Waals surface area (Å²) in [5, 5.41) is 0. The predicted molar refractivity (Wildman–Crippen MR) is 261 cm³/mol. The van der Waals surface area contributed by atoms with E-state index >= 15 is 0 Å². The van der Waals surface area contributed by atoms with Crippen molar-refractivity contribution in [3.63, 3.8) is 0 Å². The van der Waals surface area contributed by atoms with E-state index in [4.69, 9.17) is 14.2 Å². The number of hydrogen-bond acceptors (Lipinski definition) is 6. The first kappa shape index (κ1) is 58.4. The normalized spacial score (nSPS) is 12.4. The minimum absolute atomic E-state index is 0.0821. The lowest BCUT2D eigenvalue weighted by Gasteiger charge is -2.18. The van der Waals surface area contributed by atoms with Crippen molar-refractivity contribution >= 4 is 17.9 Å². The van der Waals surface area contributed by atoms with Gasteiger partial charge in [-0.3, -0.25) is 14.4 Å². The number of allylic oxidation sites excluding steroid dienone is 8. The standard InChI is InChI=1S/C55H98O6/c1-4-7-10-13-16-19-22-24-26-27-29-30-33-36-39-42-45-48-54(57)60-51-52(50-59-53(56)47-44-41-38-35-32-21-18-15-12-9-6-3)61-55(58)49-46-43-40-37-34-31-28-25-23-20-17-14-11-8-5-2/h15,17-18,20,23-26,52H,4-14,16,19,21-22,27-51H2,1-3H3/b18-15-,20-17-,25-23-,26-24-. The SMILES string of the molecule is CCCC/C=C\CCCCCCCC(=O)OCC(COC(=O)CCCCCCCCC/C=C\CCCCCCCC)OC(=O)CCCCCCCC/C=C\C=C/CCCCC. The van der Waals surface area contributed by atoms with E-state index in [0.717, 1.165) is 77.0 Å². The zero-order valence-corrected chi connectivity index (χ0v) is 40.4. The number of carbonyl (C=O) groups is 3. The van der Waals surface area contributed by atoms with Crippen molar-refractivity contribution in [1.82, 2.24) is 0 Å². The molecular weight excluding hydrogens is 757 g/mol. The van der Waals surface area contributed by atoms with Crippen LogP contribution in [-0.2, 0) is 28.6 Å². The van der Waals surface area contributed by atoms with Gasteiger partial charge in [-0.15, -0.1) is 0 Å². The second kappa shape index (κ2) is 50.0. The van der Waals surface area contributed by atoms with E-state index in [0.29, 0.717) is 19.3 Å². The van der Waals surface area contributed by atoms with Crippen molar-refractivity contribution in [3.05, 3.63) is 48.6 Å². The Morgan fingerprint density at radius 1 is 0.328 bits per heavy atom. The van der Waals surface area contributed by atoms with Crippen LogP contribution in [0.2, 0.25) is 0 Å². The molecule has 0 radical (unpaired) electrons. The molecule has 0 saturated heterocycles. The summed E-state index contributed by atoms with van der Waals surface area (Å²) < 4.78 is 16.8. The fraction of sp³-hybridized carbons (Fsp3) is 0.800. The molecule has 0 aromatic heterocycles. The molecule has 0 heterocycles. The minimum Gasteiger partial charge on any atom is -0.462 e. The highest BCUT2D eigenvalue weighted by Crippen LogP contribution is 2.14. The molecule has 354 valence electrons. The number of carbonyl (C=O) groups excluding carboxylic acids is 3. The number of hydrogen-bond donors (Lipinski definition) is 0. The fourth-order valence-electron chi connectivity index (χ4n) is 7.29. The molecule has 0 aromatic carbocycles. The van der Waals surface area contributed by atoms with Crippen LogP contribution in [0.1, 0.15) is 265 Å². The van der Waals surface area contributed by atoms with Crippen LogP contribution < -0.4 is 0 Å². The number of rotatable bonds is 47. The topological polar surface area (TPSA) is 78.9 Å². The minimum atomic E-state index is -0.782. The van der Waals surface area contributed by atoms with E-state index in [9.17, 15) is 14.4 Å². The molecule has 0 spiro atoms. The molecule has 6 heteroatoms. The van der Waals surface area contributed by atoms with Crippen molar-refractivity contribution in [1.29, 1.82) is 0 Å². The van der Waals surface area contributed by atoms with Gasteiger partial charge < -0.3 is 14.2 Å². The zero-order valence-electron chi connectivity index (χ0n) is 40.4. The first-order valence-electron chi connectivity index (χ1n) is 26.2. The maximum absolute atomic E-state index is 12.8. The van der Waals surface area contributed by atoms with Crippen LogP contribution in [0.15, 0.2) is 48.6 Å². The van der Waals surface area contributed by atoms with Crippen molar-refractivity contribution in [2.24, 2.45) is 0 Å². The molecule has 1 unspecified atom stereocenters. The largest absolute Gasteiger partial charge is 0.462 e. The van der Waals surface area contributed by atoms with E-state index in [-0.39, 0.29) is 31.1 Å². The Balaban J connectivity index is 4.37. The Kier molecular flexibility index (Phi) is 47.9. The average Bonchev–Trinajstić information content (AvgIpc) is 3.26. The summed E-state index contributed by atoms with van der Waals surface area (Å²) in [6, 6.07) is 0. The highest BCUT2D eigenvalue weighted by Gasteiger charge is 2.19. The summed E-state index contributed by atoms with van der Waals surface area (Å²) in [4.78, 5) is 37.9. The number of unbranched alkanes of at least 4 members (excludes halogenated alkanes) is 29. The average molecular weight is 855 g/mol. The molecule has 0 bridgehead atoms. The van der Waals surface area contributed by atoms with Gasteiger partial charge in [0.15, 0.2) is 6.10 Å². The Bertz CT molecular complexity index is 1070. The van der Waals surface area contributed by atoms with Gasteiger partial charge in [0.2, 0.25) is 0 Å². The lowest BCUT2D eigenvalue weighted by Crippen LogP contribution is -2.30.